The largest absolute Gasteiger partial charge is 0.434 e. The molecule has 0 heterocycles. The Hall–Kier alpha value is -1.20. The first-order valence-electron chi connectivity index (χ1n) is 5.44. The number of alkyl halides is 2. The summed E-state index contributed by atoms with van der Waals surface area (Å²) in [6, 6.07) is 6.15. The minimum atomic E-state index is -2.90. The van der Waals surface area contributed by atoms with Gasteiger partial charge in [0, 0.05) is 12.2 Å². The lowest BCUT2D eigenvalue weighted by molar-refractivity contribution is -0.0527. The van der Waals surface area contributed by atoms with E-state index in [2.05, 4.69) is 4.74 Å². The van der Waals surface area contributed by atoms with Crippen molar-refractivity contribution in [3.05, 3.63) is 29.8 Å². The van der Waals surface area contributed by atoms with Crippen LogP contribution in [0.5, 0.6) is 5.75 Å². The van der Waals surface area contributed by atoms with Gasteiger partial charge in [0.15, 0.2) is 0 Å². The van der Waals surface area contributed by atoms with Crippen LogP contribution in [0, 0.1) is 0 Å². The third-order valence-electron chi connectivity index (χ3n) is 2.12. The zero-order chi connectivity index (χ0) is 12.7. The second-order valence-corrected chi connectivity index (χ2v) is 3.51. The van der Waals surface area contributed by atoms with E-state index in [0.29, 0.717) is 12.2 Å². The highest BCUT2D eigenvalue weighted by Crippen LogP contribution is 2.26. The van der Waals surface area contributed by atoms with Crippen molar-refractivity contribution in [3.63, 3.8) is 0 Å². The van der Waals surface area contributed by atoms with Crippen molar-refractivity contribution in [2.45, 2.75) is 26.1 Å². The van der Waals surface area contributed by atoms with E-state index in [0.717, 1.165) is 6.42 Å². The molecule has 0 aromatic heterocycles. The molecule has 3 nitrogen and oxygen atoms in total. The lowest BCUT2D eigenvalue weighted by Crippen LogP contribution is -2.11. The molecule has 1 aromatic carbocycles. The van der Waals surface area contributed by atoms with Gasteiger partial charge in [-0.2, -0.15) is 8.78 Å². The number of hydrogen-bond donors (Lipinski definition) is 1. The Morgan fingerprint density at radius 3 is 2.65 bits per heavy atom. The molecule has 17 heavy (non-hydrogen) atoms. The number of aliphatic hydroxyl groups excluding tert-OH is 1. The standard InChI is InChI=1S/C12H16F2O3/c1-2-7-16-8-10(15)9-5-3-4-6-11(9)17-12(13)14/h3-6,10,12,15H,2,7-8H2,1H3. The van der Waals surface area contributed by atoms with Crippen LogP contribution in [0.4, 0.5) is 8.78 Å². The molecule has 0 aliphatic rings. The fourth-order valence-corrected chi connectivity index (χ4v) is 1.39. The van der Waals surface area contributed by atoms with E-state index < -0.39 is 12.7 Å². The molecule has 0 amide bonds. The highest BCUT2D eigenvalue weighted by atomic mass is 19.3. The fraction of sp³-hybridized carbons (Fsp3) is 0.500. The van der Waals surface area contributed by atoms with Crippen molar-refractivity contribution in [3.8, 4) is 5.75 Å². The second kappa shape index (κ2) is 7.19. The molecule has 96 valence electrons. The minimum absolute atomic E-state index is 0.0184. The van der Waals surface area contributed by atoms with Gasteiger partial charge in [-0.05, 0) is 12.5 Å². The van der Waals surface area contributed by atoms with Crippen molar-refractivity contribution in [2.24, 2.45) is 0 Å². The molecule has 0 fully saturated rings. The van der Waals surface area contributed by atoms with Crippen molar-refractivity contribution in [1.82, 2.24) is 0 Å². The highest BCUT2D eigenvalue weighted by Gasteiger charge is 2.15. The summed E-state index contributed by atoms with van der Waals surface area (Å²) in [5.41, 5.74) is 0.309. The molecule has 0 saturated carbocycles. The summed E-state index contributed by atoms with van der Waals surface area (Å²) < 4.78 is 33.8. The summed E-state index contributed by atoms with van der Waals surface area (Å²) in [6.07, 6.45) is -0.126. The van der Waals surface area contributed by atoms with Gasteiger partial charge in [0.25, 0.3) is 0 Å². The van der Waals surface area contributed by atoms with Crippen LogP contribution in [-0.4, -0.2) is 24.9 Å². The molecule has 0 spiro atoms. The van der Waals surface area contributed by atoms with Crippen LogP contribution in [0.2, 0.25) is 0 Å². The van der Waals surface area contributed by atoms with Crippen LogP contribution in [0.3, 0.4) is 0 Å². The van der Waals surface area contributed by atoms with Crippen molar-refractivity contribution in [2.75, 3.05) is 13.2 Å². The number of ether oxygens (including phenoxy) is 2. The predicted octanol–water partition coefficient (Wildman–Crippen LogP) is 2.75. The maximum Gasteiger partial charge on any atom is 0.387 e. The van der Waals surface area contributed by atoms with Gasteiger partial charge in [0.05, 0.1) is 6.61 Å². The van der Waals surface area contributed by atoms with Crippen LogP contribution in [0.15, 0.2) is 24.3 Å². The Labute approximate surface area is 99.0 Å². The quantitative estimate of drug-likeness (QED) is 0.752. The van der Waals surface area contributed by atoms with Crippen LogP contribution < -0.4 is 4.74 Å². The molecule has 1 rings (SSSR count). The smallest absolute Gasteiger partial charge is 0.387 e. The first kappa shape index (κ1) is 13.9. The summed E-state index contributed by atoms with van der Waals surface area (Å²) in [6.45, 7) is -0.369. The molecular formula is C12H16F2O3. The zero-order valence-corrected chi connectivity index (χ0v) is 9.61. The molecule has 0 saturated heterocycles. The number of para-hydroxylation sites is 1. The molecule has 0 bridgehead atoms. The molecule has 1 aromatic rings. The summed E-state index contributed by atoms with van der Waals surface area (Å²) in [5, 5.41) is 9.79. The molecule has 1 atom stereocenters. The first-order chi connectivity index (χ1) is 8.15. The first-order valence-corrected chi connectivity index (χ1v) is 5.44. The number of hydrogen-bond acceptors (Lipinski definition) is 3. The Kier molecular flexibility index (Phi) is 5.86. The minimum Gasteiger partial charge on any atom is -0.434 e. The molecule has 0 aliphatic heterocycles. The van der Waals surface area contributed by atoms with Gasteiger partial charge in [0.1, 0.15) is 11.9 Å². The second-order valence-electron chi connectivity index (χ2n) is 3.51. The summed E-state index contributed by atoms with van der Waals surface area (Å²) in [7, 11) is 0. The van der Waals surface area contributed by atoms with Crippen molar-refractivity contribution >= 4 is 0 Å². The third kappa shape index (κ3) is 4.66. The van der Waals surface area contributed by atoms with E-state index in [1.54, 1.807) is 12.1 Å². The van der Waals surface area contributed by atoms with Gasteiger partial charge in [-0.1, -0.05) is 25.1 Å². The van der Waals surface area contributed by atoms with Crippen LogP contribution in [0.25, 0.3) is 0 Å². The molecule has 0 radical (unpaired) electrons. The van der Waals surface area contributed by atoms with E-state index >= 15 is 0 Å². The topological polar surface area (TPSA) is 38.7 Å². The van der Waals surface area contributed by atoms with Gasteiger partial charge in [-0.25, -0.2) is 0 Å². The number of halogens is 2. The van der Waals surface area contributed by atoms with Gasteiger partial charge >= 0.3 is 6.61 Å². The summed E-state index contributed by atoms with van der Waals surface area (Å²) in [5.74, 6) is -0.0184. The Bertz CT molecular complexity index is 331. The maximum absolute atomic E-state index is 12.1. The number of benzene rings is 1. The van der Waals surface area contributed by atoms with Crippen LogP contribution in [0.1, 0.15) is 25.0 Å². The Morgan fingerprint density at radius 1 is 1.29 bits per heavy atom. The maximum atomic E-state index is 12.1. The normalized spacial score (nSPS) is 12.8. The third-order valence-corrected chi connectivity index (χ3v) is 2.12. The SMILES string of the molecule is CCCOCC(O)c1ccccc1OC(F)F. The average Bonchev–Trinajstić information content (AvgIpc) is 2.29. The van der Waals surface area contributed by atoms with E-state index in [4.69, 9.17) is 4.74 Å². The molecule has 1 unspecified atom stereocenters. The number of rotatable bonds is 7. The van der Waals surface area contributed by atoms with Gasteiger partial charge in [-0.15, -0.1) is 0 Å². The molecule has 0 aliphatic carbocycles. The van der Waals surface area contributed by atoms with E-state index in [1.807, 2.05) is 6.92 Å². The molecule has 5 heteroatoms. The zero-order valence-electron chi connectivity index (χ0n) is 9.61. The van der Waals surface area contributed by atoms with E-state index in [9.17, 15) is 13.9 Å². The highest BCUT2D eigenvalue weighted by molar-refractivity contribution is 5.35. The monoisotopic (exact) mass is 246 g/mol. The van der Waals surface area contributed by atoms with Gasteiger partial charge in [0.2, 0.25) is 0 Å². The van der Waals surface area contributed by atoms with Crippen LogP contribution >= 0.6 is 0 Å². The predicted molar refractivity (Wildman–Crippen MR) is 59.1 cm³/mol. The number of aliphatic hydroxyl groups is 1. The lowest BCUT2D eigenvalue weighted by atomic mass is 10.1. The van der Waals surface area contributed by atoms with Gasteiger partial charge in [-0.3, -0.25) is 0 Å². The van der Waals surface area contributed by atoms with E-state index in [1.165, 1.54) is 12.1 Å². The van der Waals surface area contributed by atoms with E-state index in [-0.39, 0.29) is 12.4 Å². The Morgan fingerprint density at radius 2 is 2.00 bits per heavy atom. The Balaban J connectivity index is 2.67. The molecule has 1 N–H and O–H groups in total. The fourth-order valence-electron chi connectivity index (χ4n) is 1.39. The molecular weight excluding hydrogens is 230 g/mol. The van der Waals surface area contributed by atoms with Gasteiger partial charge < -0.3 is 14.6 Å². The average molecular weight is 246 g/mol. The van der Waals surface area contributed by atoms with Crippen molar-refractivity contribution in [1.29, 1.82) is 0 Å². The summed E-state index contributed by atoms with van der Waals surface area (Å²) >= 11 is 0. The van der Waals surface area contributed by atoms with Crippen molar-refractivity contribution < 1.29 is 23.4 Å². The lowest BCUT2D eigenvalue weighted by Gasteiger charge is -2.15. The summed E-state index contributed by atoms with van der Waals surface area (Å²) in [4.78, 5) is 0. The van der Waals surface area contributed by atoms with Crippen LogP contribution in [-0.2, 0) is 4.74 Å².